The fraction of sp³-hybridized carbons (Fsp3) is 0.500. The Morgan fingerprint density at radius 1 is 1.40 bits per heavy atom. The van der Waals surface area contributed by atoms with Gasteiger partial charge in [-0.05, 0) is 26.0 Å². The highest BCUT2D eigenvalue weighted by molar-refractivity contribution is 6.20. The Bertz CT molecular complexity index is 462. The SMILES string of the molecule is COc1ccc(NC(=O)C(C)(C)CCl)cc1OCCO. The van der Waals surface area contributed by atoms with Crippen LogP contribution < -0.4 is 14.8 Å². The highest BCUT2D eigenvalue weighted by Crippen LogP contribution is 2.31. The monoisotopic (exact) mass is 301 g/mol. The van der Waals surface area contributed by atoms with E-state index >= 15 is 0 Å². The lowest BCUT2D eigenvalue weighted by atomic mass is 9.95. The molecule has 1 amide bonds. The second-order valence-corrected chi connectivity index (χ2v) is 5.18. The molecule has 1 aromatic rings. The molecule has 5 nitrogen and oxygen atoms in total. The molecule has 0 spiro atoms. The summed E-state index contributed by atoms with van der Waals surface area (Å²) in [6, 6.07) is 5.06. The number of rotatable bonds is 7. The van der Waals surface area contributed by atoms with E-state index in [0.717, 1.165) is 0 Å². The van der Waals surface area contributed by atoms with Crippen molar-refractivity contribution in [3.05, 3.63) is 18.2 Å². The molecule has 6 heteroatoms. The summed E-state index contributed by atoms with van der Waals surface area (Å²) >= 11 is 5.77. The van der Waals surface area contributed by atoms with Crippen molar-refractivity contribution in [2.45, 2.75) is 13.8 Å². The van der Waals surface area contributed by atoms with Gasteiger partial charge in [0.25, 0.3) is 0 Å². The highest BCUT2D eigenvalue weighted by atomic mass is 35.5. The fourth-order valence-corrected chi connectivity index (χ4v) is 1.51. The minimum absolute atomic E-state index is 0.0982. The lowest BCUT2D eigenvalue weighted by Crippen LogP contribution is -2.32. The molecule has 0 aliphatic rings. The minimum atomic E-state index is -0.659. The van der Waals surface area contributed by atoms with Crippen LogP contribution in [-0.2, 0) is 4.79 Å². The number of ether oxygens (including phenoxy) is 2. The summed E-state index contributed by atoms with van der Waals surface area (Å²) in [6.07, 6.45) is 0. The molecule has 2 N–H and O–H groups in total. The van der Waals surface area contributed by atoms with Gasteiger partial charge in [-0.1, -0.05) is 0 Å². The van der Waals surface area contributed by atoms with E-state index in [1.807, 2.05) is 0 Å². The number of anilines is 1. The Morgan fingerprint density at radius 2 is 2.10 bits per heavy atom. The van der Waals surface area contributed by atoms with E-state index < -0.39 is 5.41 Å². The van der Waals surface area contributed by atoms with Gasteiger partial charge in [-0.25, -0.2) is 0 Å². The van der Waals surface area contributed by atoms with E-state index in [9.17, 15) is 4.79 Å². The molecule has 0 heterocycles. The number of alkyl halides is 1. The molecule has 0 aromatic heterocycles. The van der Waals surface area contributed by atoms with Gasteiger partial charge in [-0.15, -0.1) is 11.6 Å². The van der Waals surface area contributed by atoms with Crippen molar-refractivity contribution < 1.29 is 19.4 Å². The number of hydrogen-bond donors (Lipinski definition) is 2. The highest BCUT2D eigenvalue weighted by Gasteiger charge is 2.26. The summed E-state index contributed by atoms with van der Waals surface area (Å²) in [5, 5.41) is 11.6. The molecule has 1 aromatic carbocycles. The van der Waals surface area contributed by atoms with Gasteiger partial charge in [0.05, 0.1) is 19.1 Å². The maximum absolute atomic E-state index is 12.0. The van der Waals surface area contributed by atoms with Crippen molar-refractivity contribution in [1.82, 2.24) is 0 Å². The smallest absolute Gasteiger partial charge is 0.231 e. The number of benzene rings is 1. The molecule has 0 saturated heterocycles. The van der Waals surface area contributed by atoms with Gasteiger partial charge in [-0.3, -0.25) is 4.79 Å². The van der Waals surface area contributed by atoms with Gasteiger partial charge in [0.15, 0.2) is 11.5 Å². The van der Waals surface area contributed by atoms with Crippen LogP contribution in [0.2, 0.25) is 0 Å². The van der Waals surface area contributed by atoms with Crippen LogP contribution in [0.3, 0.4) is 0 Å². The van der Waals surface area contributed by atoms with Crippen LogP contribution in [0.4, 0.5) is 5.69 Å². The number of carbonyl (C=O) groups is 1. The number of halogens is 1. The third kappa shape index (κ3) is 4.28. The van der Waals surface area contributed by atoms with Crippen molar-refractivity contribution in [1.29, 1.82) is 0 Å². The number of nitrogens with one attached hydrogen (secondary N) is 1. The zero-order valence-electron chi connectivity index (χ0n) is 11.9. The molecule has 0 aliphatic heterocycles. The fourth-order valence-electron chi connectivity index (χ4n) is 1.38. The molecule has 0 aliphatic carbocycles. The van der Waals surface area contributed by atoms with Crippen molar-refractivity contribution >= 4 is 23.2 Å². The molecule has 1 rings (SSSR count). The van der Waals surface area contributed by atoms with Crippen LogP contribution in [0.15, 0.2) is 18.2 Å². The Labute approximate surface area is 123 Å². The first-order valence-electron chi connectivity index (χ1n) is 6.23. The van der Waals surface area contributed by atoms with Crippen molar-refractivity contribution in [3.63, 3.8) is 0 Å². The molecule has 112 valence electrons. The van der Waals surface area contributed by atoms with Crippen LogP contribution in [0.5, 0.6) is 11.5 Å². The van der Waals surface area contributed by atoms with Crippen LogP contribution >= 0.6 is 11.6 Å². The van der Waals surface area contributed by atoms with Crippen LogP contribution in [0.25, 0.3) is 0 Å². The van der Waals surface area contributed by atoms with E-state index in [0.29, 0.717) is 17.2 Å². The van der Waals surface area contributed by atoms with Gasteiger partial charge < -0.3 is 19.9 Å². The summed E-state index contributed by atoms with van der Waals surface area (Å²) in [5.41, 5.74) is -0.0740. The molecule has 0 radical (unpaired) electrons. The van der Waals surface area contributed by atoms with Gasteiger partial charge >= 0.3 is 0 Å². The van der Waals surface area contributed by atoms with Crippen LogP contribution in [0.1, 0.15) is 13.8 Å². The van der Waals surface area contributed by atoms with Gasteiger partial charge in [0.2, 0.25) is 5.91 Å². The Balaban J connectivity index is 2.89. The second kappa shape index (κ2) is 7.36. The van der Waals surface area contributed by atoms with Crippen molar-refractivity contribution in [2.75, 3.05) is 31.5 Å². The largest absolute Gasteiger partial charge is 0.493 e. The summed E-state index contributed by atoms with van der Waals surface area (Å²) in [6.45, 7) is 3.59. The lowest BCUT2D eigenvalue weighted by molar-refractivity contribution is -0.122. The third-order valence-corrected chi connectivity index (χ3v) is 3.39. The first-order chi connectivity index (χ1) is 9.44. The minimum Gasteiger partial charge on any atom is -0.493 e. The summed E-state index contributed by atoms with van der Waals surface area (Å²) in [5.74, 6) is 1.05. The topological polar surface area (TPSA) is 67.8 Å². The van der Waals surface area contributed by atoms with Crippen molar-refractivity contribution in [3.8, 4) is 11.5 Å². The standard InChI is InChI=1S/C14H20ClNO4/c1-14(2,9-15)13(18)16-10-4-5-11(19-3)12(8-10)20-7-6-17/h4-5,8,17H,6-7,9H2,1-3H3,(H,16,18). The van der Waals surface area contributed by atoms with Gasteiger partial charge in [0, 0.05) is 17.6 Å². The summed E-state index contributed by atoms with van der Waals surface area (Å²) < 4.78 is 10.5. The maximum Gasteiger partial charge on any atom is 0.231 e. The Hall–Kier alpha value is -1.46. The molecule has 0 saturated carbocycles. The number of aliphatic hydroxyl groups is 1. The molecule has 20 heavy (non-hydrogen) atoms. The predicted octanol–water partition coefficient (Wildman–Crippen LogP) is 2.27. The average molecular weight is 302 g/mol. The van der Waals surface area contributed by atoms with Gasteiger partial charge in [0.1, 0.15) is 6.61 Å². The molecular formula is C14H20ClNO4. The Morgan fingerprint density at radius 3 is 2.65 bits per heavy atom. The number of aliphatic hydroxyl groups excluding tert-OH is 1. The molecular weight excluding hydrogens is 282 g/mol. The van der Waals surface area contributed by atoms with E-state index in [2.05, 4.69) is 5.32 Å². The predicted molar refractivity (Wildman–Crippen MR) is 78.7 cm³/mol. The molecule has 0 bridgehead atoms. The number of methoxy groups -OCH3 is 1. The molecule has 0 unspecified atom stereocenters. The van der Waals surface area contributed by atoms with Crippen molar-refractivity contribution in [2.24, 2.45) is 5.41 Å². The van der Waals surface area contributed by atoms with E-state index in [-0.39, 0.29) is 25.0 Å². The quantitative estimate of drug-likeness (QED) is 0.758. The zero-order chi connectivity index (χ0) is 15.2. The Kier molecular flexibility index (Phi) is 6.10. The number of hydrogen-bond acceptors (Lipinski definition) is 4. The summed E-state index contributed by atoms with van der Waals surface area (Å²) in [7, 11) is 1.52. The van der Waals surface area contributed by atoms with Crippen LogP contribution in [0, 0.1) is 5.41 Å². The third-order valence-electron chi connectivity index (χ3n) is 2.72. The lowest BCUT2D eigenvalue weighted by Gasteiger charge is -2.21. The molecule has 0 atom stereocenters. The summed E-state index contributed by atoms with van der Waals surface area (Å²) in [4.78, 5) is 12.0. The molecule has 0 fully saturated rings. The van der Waals surface area contributed by atoms with Crippen LogP contribution in [-0.4, -0.2) is 37.2 Å². The van der Waals surface area contributed by atoms with Gasteiger partial charge in [-0.2, -0.15) is 0 Å². The number of amides is 1. The zero-order valence-corrected chi connectivity index (χ0v) is 12.7. The van der Waals surface area contributed by atoms with E-state index in [1.165, 1.54) is 7.11 Å². The average Bonchev–Trinajstić information content (AvgIpc) is 2.45. The first kappa shape index (κ1) is 16.6. The normalized spacial score (nSPS) is 11.1. The number of carbonyl (C=O) groups excluding carboxylic acids is 1. The maximum atomic E-state index is 12.0. The second-order valence-electron chi connectivity index (χ2n) is 4.91. The van der Waals surface area contributed by atoms with E-state index in [1.54, 1.807) is 32.0 Å². The van der Waals surface area contributed by atoms with E-state index in [4.69, 9.17) is 26.2 Å². The first-order valence-corrected chi connectivity index (χ1v) is 6.77.